The zero-order chi connectivity index (χ0) is 21.0. The number of benzene rings is 1. The van der Waals surface area contributed by atoms with Crippen LogP contribution in [-0.4, -0.2) is 60.4 Å². The molecular weight excluding hydrogens is 447 g/mol. The number of rotatable bonds is 6. The third-order valence-electron chi connectivity index (χ3n) is 6.14. The van der Waals surface area contributed by atoms with Gasteiger partial charge in [0.05, 0.1) is 23.0 Å². The Morgan fingerprint density at radius 1 is 1.13 bits per heavy atom. The molecule has 1 heterocycles. The predicted molar refractivity (Wildman–Crippen MR) is 125 cm³/mol. The molecule has 3 N–H and O–H groups in total. The van der Waals surface area contributed by atoms with Gasteiger partial charge in [-0.05, 0) is 56.5 Å². The van der Waals surface area contributed by atoms with Crippen LogP contribution in [0.2, 0.25) is 10.0 Å². The molecule has 1 saturated carbocycles. The van der Waals surface area contributed by atoms with Crippen molar-refractivity contribution in [2.45, 2.75) is 57.0 Å². The number of nitrogens with one attached hydrogen (secondary N) is 1. The molecule has 2 fully saturated rings. The first-order chi connectivity index (χ1) is 13.9. The molecule has 0 aromatic heterocycles. The van der Waals surface area contributed by atoms with Crippen LogP contribution in [0.1, 0.15) is 44.1 Å². The number of hydrogen-bond acceptors (Lipinski definition) is 4. The highest BCUT2D eigenvalue weighted by Crippen LogP contribution is 2.32. The van der Waals surface area contributed by atoms with E-state index in [0.717, 1.165) is 32.4 Å². The molecule has 168 valence electrons. The monoisotopic (exact) mass is 476 g/mol. The van der Waals surface area contributed by atoms with Crippen LogP contribution in [0.15, 0.2) is 12.1 Å². The van der Waals surface area contributed by atoms with Gasteiger partial charge in [-0.15, -0.1) is 12.4 Å². The van der Waals surface area contributed by atoms with E-state index in [-0.39, 0.29) is 43.2 Å². The number of amides is 2. The largest absolute Gasteiger partial charge is 0.341 e. The number of hydrogen-bond donors (Lipinski definition) is 2. The topological polar surface area (TPSA) is 78.7 Å². The smallest absolute Gasteiger partial charge is 0.238 e. The second-order valence-corrected chi connectivity index (χ2v) is 8.83. The average Bonchev–Trinajstić information content (AvgIpc) is 3.25. The van der Waals surface area contributed by atoms with Gasteiger partial charge in [-0.25, -0.2) is 0 Å². The summed E-state index contributed by atoms with van der Waals surface area (Å²) in [5.74, 6) is -0.324. The molecule has 6 nitrogen and oxygen atoms in total. The Bertz CT molecular complexity index is 756. The number of likely N-dealkylation sites (N-methyl/N-ethyl adjacent to an activating group) is 1. The first-order valence-electron chi connectivity index (χ1n) is 10.4. The van der Waals surface area contributed by atoms with E-state index in [1.807, 2.05) is 11.9 Å². The molecule has 2 amide bonds. The molecule has 9 heteroatoms. The maximum Gasteiger partial charge on any atom is 0.238 e. The summed E-state index contributed by atoms with van der Waals surface area (Å²) in [4.78, 5) is 29.4. The molecule has 1 saturated heterocycles. The van der Waals surface area contributed by atoms with Gasteiger partial charge in [-0.3, -0.25) is 14.5 Å². The molecular formula is C21H31Cl3N4O2. The van der Waals surface area contributed by atoms with Gasteiger partial charge in [0.1, 0.15) is 0 Å². The van der Waals surface area contributed by atoms with Crippen LogP contribution in [-0.2, 0) is 16.0 Å². The molecule has 0 unspecified atom stereocenters. The summed E-state index contributed by atoms with van der Waals surface area (Å²) in [5.41, 5.74) is 6.54. The molecule has 2 aliphatic rings. The minimum Gasteiger partial charge on any atom is -0.341 e. The number of anilines is 1. The van der Waals surface area contributed by atoms with Crippen molar-refractivity contribution in [3.8, 4) is 0 Å². The van der Waals surface area contributed by atoms with E-state index < -0.39 is 0 Å². The Hall–Kier alpha value is -1.05. The number of halogens is 3. The second kappa shape index (κ2) is 11.5. The third kappa shape index (κ3) is 6.01. The van der Waals surface area contributed by atoms with Crippen molar-refractivity contribution in [2.24, 2.45) is 5.73 Å². The molecule has 2 atom stereocenters. The number of carbonyl (C=O) groups is 2. The zero-order valence-electron chi connectivity index (χ0n) is 17.3. The Balaban J connectivity index is 0.00000320. The SMILES string of the molecule is CN(C(=O)Cc1cc(Cl)c(Cl)cc1NC(=O)CN)[C@H]1CCCC[C@@H]1N1CCCC1.Cl. The van der Waals surface area contributed by atoms with Gasteiger partial charge >= 0.3 is 0 Å². The van der Waals surface area contributed by atoms with E-state index in [0.29, 0.717) is 27.3 Å². The summed E-state index contributed by atoms with van der Waals surface area (Å²) < 4.78 is 0. The van der Waals surface area contributed by atoms with Crippen molar-refractivity contribution in [3.63, 3.8) is 0 Å². The van der Waals surface area contributed by atoms with Crippen molar-refractivity contribution in [1.82, 2.24) is 9.80 Å². The van der Waals surface area contributed by atoms with Crippen LogP contribution >= 0.6 is 35.6 Å². The summed E-state index contributed by atoms with van der Waals surface area (Å²) in [6.45, 7) is 2.11. The van der Waals surface area contributed by atoms with Crippen LogP contribution in [0.5, 0.6) is 0 Å². The fourth-order valence-electron chi connectivity index (χ4n) is 4.57. The Morgan fingerprint density at radius 2 is 1.77 bits per heavy atom. The first kappa shape index (κ1) is 25.2. The quantitative estimate of drug-likeness (QED) is 0.654. The van der Waals surface area contributed by atoms with Gasteiger partial charge in [-0.2, -0.15) is 0 Å². The minimum atomic E-state index is -0.341. The first-order valence-corrected chi connectivity index (χ1v) is 11.1. The van der Waals surface area contributed by atoms with E-state index in [2.05, 4.69) is 10.2 Å². The molecule has 0 spiro atoms. The lowest BCUT2D eigenvalue weighted by molar-refractivity contribution is -0.133. The highest BCUT2D eigenvalue weighted by Gasteiger charge is 2.35. The third-order valence-corrected chi connectivity index (χ3v) is 6.86. The zero-order valence-corrected chi connectivity index (χ0v) is 19.7. The van der Waals surface area contributed by atoms with Gasteiger partial charge in [0, 0.05) is 24.8 Å². The van der Waals surface area contributed by atoms with Gasteiger partial charge in [0.25, 0.3) is 0 Å². The predicted octanol–water partition coefficient (Wildman–Crippen LogP) is 3.72. The van der Waals surface area contributed by atoms with Crippen LogP contribution in [0.3, 0.4) is 0 Å². The summed E-state index contributed by atoms with van der Waals surface area (Å²) in [7, 11) is 1.90. The molecule has 30 heavy (non-hydrogen) atoms. The van der Waals surface area contributed by atoms with Gasteiger partial charge in [-0.1, -0.05) is 36.0 Å². The highest BCUT2D eigenvalue weighted by molar-refractivity contribution is 6.42. The average molecular weight is 478 g/mol. The fourth-order valence-corrected chi connectivity index (χ4v) is 4.92. The van der Waals surface area contributed by atoms with Crippen LogP contribution < -0.4 is 11.1 Å². The van der Waals surface area contributed by atoms with Crippen LogP contribution in [0.4, 0.5) is 5.69 Å². The van der Waals surface area contributed by atoms with Crippen LogP contribution in [0.25, 0.3) is 0 Å². The van der Waals surface area contributed by atoms with Crippen molar-refractivity contribution in [3.05, 3.63) is 27.7 Å². The van der Waals surface area contributed by atoms with E-state index >= 15 is 0 Å². The molecule has 0 radical (unpaired) electrons. The van der Waals surface area contributed by atoms with Crippen molar-refractivity contribution in [2.75, 3.05) is 32.0 Å². The van der Waals surface area contributed by atoms with Crippen molar-refractivity contribution >= 4 is 53.1 Å². The normalized spacial score (nSPS) is 21.7. The van der Waals surface area contributed by atoms with Crippen molar-refractivity contribution in [1.29, 1.82) is 0 Å². The van der Waals surface area contributed by atoms with E-state index in [4.69, 9.17) is 28.9 Å². The fraction of sp³-hybridized carbons (Fsp3) is 0.619. The number of nitrogens with two attached hydrogens (primary N) is 1. The Labute approximate surface area is 194 Å². The second-order valence-electron chi connectivity index (χ2n) is 8.02. The molecule has 1 aliphatic carbocycles. The Morgan fingerprint density at radius 3 is 2.43 bits per heavy atom. The minimum absolute atomic E-state index is 0. The lowest BCUT2D eigenvalue weighted by Gasteiger charge is -2.42. The molecule has 0 bridgehead atoms. The van der Waals surface area contributed by atoms with Crippen molar-refractivity contribution < 1.29 is 9.59 Å². The summed E-state index contributed by atoms with van der Waals surface area (Å²) in [6.07, 6.45) is 7.19. The number of carbonyl (C=O) groups excluding carboxylic acids is 2. The summed E-state index contributed by atoms with van der Waals surface area (Å²) in [5, 5.41) is 3.40. The lowest BCUT2D eigenvalue weighted by Crippen LogP contribution is -2.53. The highest BCUT2D eigenvalue weighted by atomic mass is 35.5. The molecule has 1 aliphatic heterocycles. The van der Waals surface area contributed by atoms with Gasteiger partial charge in [0.2, 0.25) is 11.8 Å². The number of likely N-dealkylation sites (tertiary alicyclic amines) is 1. The summed E-state index contributed by atoms with van der Waals surface area (Å²) >= 11 is 12.3. The standard InChI is InChI=1S/C21H30Cl2N4O2.ClH/c1-26(18-6-2-3-7-19(18)27-8-4-5-9-27)21(29)11-14-10-15(22)16(23)12-17(14)25-20(28)13-24;/h10,12,18-19H,2-9,11,13,24H2,1H3,(H,25,28);1H/t18-,19-;/m0./s1. The molecule has 1 aromatic carbocycles. The van der Waals surface area contributed by atoms with Gasteiger partial charge < -0.3 is 16.0 Å². The van der Waals surface area contributed by atoms with Gasteiger partial charge in [0.15, 0.2) is 0 Å². The van der Waals surface area contributed by atoms with Crippen LogP contribution in [0, 0.1) is 0 Å². The van der Waals surface area contributed by atoms with E-state index in [1.54, 1.807) is 12.1 Å². The lowest BCUT2D eigenvalue weighted by atomic mass is 9.88. The van der Waals surface area contributed by atoms with E-state index in [1.165, 1.54) is 19.3 Å². The maximum absolute atomic E-state index is 13.2. The molecule has 3 rings (SSSR count). The maximum atomic E-state index is 13.2. The Kier molecular flexibility index (Phi) is 9.69. The number of nitrogens with zero attached hydrogens (tertiary/aromatic N) is 2. The summed E-state index contributed by atoms with van der Waals surface area (Å²) in [6, 6.07) is 3.89. The van der Waals surface area contributed by atoms with E-state index in [9.17, 15) is 9.59 Å². The molecule has 1 aromatic rings.